The zero-order valence-electron chi connectivity index (χ0n) is 20.3. The lowest BCUT2D eigenvalue weighted by Crippen LogP contribution is -2.56. The first kappa shape index (κ1) is 23.1. The van der Waals surface area contributed by atoms with Gasteiger partial charge in [-0.05, 0) is 81.4 Å². The van der Waals surface area contributed by atoms with E-state index in [4.69, 9.17) is 4.74 Å². The molecule has 1 spiro atoms. The van der Waals surface area contributed by atoms with Crippen molar-refractivity contribution in [2.75, 3.05) is 34.4 Å². The van der Waals surface area contributed by atoms with Gasteiger partial charge in [-0.25, -0.2) is 4.39 Å². The van der Waals surface area contributed by atoms with Crippen LogP contribution in [0, 0.1) is 11.7 Å². The first-order valence-electron chi connectivity index (χ1n) is 12.3. The molecular weight excluding hydrogens is 429 g/mol. The first-order chi connectivity index (χ1) is 16.4. The van der Waals surface area contributed by atoms with Crippen molar-refractivity contribution >= 4 is 16.8 Å². The summed E-state index contributed by atoms with van der Waals surface area (Å²) < 4.78 is 19.3. The lowest BCUT2D eigenvalue weighted by atomic mass is 9.68. The Morgan fingerprint density at radius 3 is 2.68 bits per heavy atom. The predicted octanol–water partition coefficient (Wildman–Crippen LogP) is 5.03. The molecule has 1 unspecified atom stereocenters. The van der Waals surface area contributed by atoms with Crippen LogP contribution in [0.1, 0.15) is 48.5 Å². The molecule has 5 nitrogen and oxygen atoms in total. The summed E-state index contributed by atoms with van der Waals surface area (Å²) in [6.07, 6.45) is 4.54. The van der Waals surface area contributed by atoms with Gasteiger partial charge in [0.25, 0.3) is 0 Å². The lowest BCUT2D eigenvalue weighted by molar-refractivity contribution is -0.146. The highest BCUT2D eigenvalue weighted by molar-refractivity contribution is 5.87. The number of carbonyl (C=O) groups is 1. The normalized spacial score (nSPS) is 23.4. The van der Waals surface area contributed by atoms with E-state index in [1.165, 1.54) is 22.7 Å². The molecule has 1 N–H and O–H groups in total. The number of H-pyrrole nitrogens is 1. The van der Waals surface area contributed by atoms with Crippen LogP contribution in [0.4, 0.5) is 4.39 Å². The fourth-order valence-corrected chi connectivity index (χ4v) is 6.63. The highest BCUT2D eigenvalue weighted by Crippen LogP contribution is 2.51. The van der Waals surface area contributed by atoms with Crippen molar-refractivity contribution in [1.29, 1.82) is 0 Å². The molecule has 34 heavy (non-hydrogen) atoms. The molecule has 5 rings (SSSR count). The summed E-state index contributed by atoms with van der Waals surface area (Å²) in [5.74, 6) is 0.249. The smallest absolute Gasteiger partial charge is 0.249 e. The van der Waals surface area contributed by atoms with Crippen molar-refractivity contribution in [2.45, 2.75) is 43.7 Å². The number of ether oxygens (including phenoxy) is 1. The molecule has 180 valence electrons. The second kappa shape index (κ2) is 9.16. The van der Waals surface area contributed by atoms with Gasteiger partial charge in [-0.2, -0.15) is 0 Å². The summed E-state index contributed by atoms with van der Waals surface area (Å²) >= 11 is 0. The average Bonchev–Trinajstić information content (AvgIpc) is 3.21. The van der Waals surface area contributed by atoms with Gasteiger partial charge in [0, 0.05) is 36.3 Å². The minimum absolute atomic E-state index is 0.0551. The van der Waals surface area contributed by atoms with Crippen molar-refractivity contribution in [2.24, 2.45) is 5.92 Å². The van der Waals surface area contributed by atoms with Crippen molar-refractivity contribution in [3.63, 3.8) is 0 Å². The summed E-state index contributed by atoms with van der Waals surface area (Å²) in [6.45, 7) is 0.813. The van der Waals surface area contributed by atoms with E-state index in [-0.39, 0.29) is 29.9 Å². The second-order valence-electron chi connectivity index (χ2n) is 10.1. The molecule has 1 saturated carbocycles. The number of benzene rings is 2. The highest BCUT2D eigenvalue weighted by Gasteiger charge is 2.49. The van der Waals surface area contributed by atoms with E-state index in [1.807, 2.05) is 6.07 Å². The maximum Gasteiger partial charge on any atom is 0.249 e. The molecule has 0 bridgehead atoms. The van der Waals surface area contributed by atoms with Gasteiger partial charge in [-0.1, -0.05) is 30.3 Å². The first-order valence-corrected chi connectivity index (χ1v) is 12.3. The van der Waals surface area contributed by atoms with Crippen LogP contribution in [-0.4, -0.2) is 55.0 Å². The standard InChI is InChI=1S/C28H34FN3O2/c1-31(2)26(20-7-6-8-21(29)17-20)19-11-14-28(15-12-19)27-23(13-16-32(28)25(33)18-34-3)22-9-4-5-10-24(22)30-27/h4-10,17,19,26,30H,11-16,18H2,1-3H3. The number of fused-ring (bicyclic) bond motifs is 4. The van der Waals surface area contributed by atoms with Gasteiger partial charge in [0.2, 0.25) is 5.91 Å². The van der Waals surface area contributed by atoms with Gasteiger partial charge in [0.05, 0.1) is 5.54 Å². The quantitative estimate of drug-likeness (QED) is 0.578. The molecule has 1 amide bonds. The van der Waals surface area contributed by atoms with E-state index in [2.05, 4.69) is 53.1 Å². The predicted molar refractivity (Wildman–Crippen MR) is 132 cm³/mol. The van der Waals surface area contributed by atoms with Gasteiger partial charge < -0.3 is 19.5 Å². The van der Waals surface area contributed by atoms with Crippen molar-refractivity contribution in [3.8, 4) is 0 Å². The van der Waals surface area contributed by atoms with Crippen molar-refractivity contribution in [1.82, 2.24) is 14.8 Å². The maximum absolute atomic E-state index is 14.0. The topological polar surface area (TPSA) is 48.6 Å². The zero-order chi connectivity index (χ0) is 23.9. The van der Waals surface area contributed by atoms with Crippen LogP contribution >= 0.6 is 0 Å². The average molecular weight is 464 g/mol. The van der Waals surface area contributed by atoms with E-state index in [0.717, 1.165) is 43.2 Å². The van der Waals surface area contributed by atoms with Gasteiger partial charge in [0.1, 0.15) is 12.4 Å². The van der Waals surface area contributed by atoms with Crippen LogP contribution in [-0.2, 0) is 21.5 Å². The van der Waals surface area contributed by atoms with Crippen LogP contribution < -0.4 is 0 Å². The fourth-order valence-electron chi connectivity index (χ4n) is 6.63. The van der Waals surface area contributed by atoms with Crippen molar-refractivity contribution in [3.05, 3.63) is 71.2 Å². The van der Waals surface area contributed by atoms with Gasteiger partial charge in [-0.3, -0.25) is 4.79 Å². The molecule has 3 aromatic rings. The van der Waals surface area contributed by atoms with Gasteiger partial charge >= 0.3 is 0 Å². The minimum atomic E-state index is -0.350. The number of hydrogen-bond donors (Lipinski definition) is 1. The SMILES string of the molecule is COCC(=O)N1CCc2c([nH]c3ccccc23)C12CCC(C(c1cccc(F)c1)N(C)C)CC2. The molecule has 0 radical (unpaired) electrons. The third-order valence-electron chi connectivity index (χ3n) is 8.00. The molecule has 1 aliphatic carbocycles. The Bertz CT molecular complexity index is 1180. The van der Waals surface area contributed by atoms with E-state index >= 15 is 0 Å². The summed E-state index contributed by atoms with van der Waals surface area (Å²) in [4.78, 5) is 21.2. The number of nitrogens with zero attached hydrogens (tertiary/aromatic N) is 2. The molecule has 2 aliphatic rings. The Morgan fingerprint density at radius 2 is 1.97 bits per heavy atom. The maximum atomic E-state index is 14.0. The molecule has 1 atom stereocenters. The number of rotatable bonds is 5. The van der Waals surface area contributed by atoms with E-state index in [9.17, 15) is 9.18 Å². The monoisotopic (exact) mass is 463 g/mol. The van der Waals surface area contributed by atoms with Crippen LogP contribution in [0.3, 0.4) is 0 Å². The zero-order valence-corrected chi connectivity index (χ0v) is 20.3. The highest BCUT2D eigenvalue weighted by atomic mass is 19.1. The summed E-state index contributed by atoms with van der Waals surface area (Å²) in [5.41, 5.74) is 4.37. The lowest BCUT2D eigenvalue weighted by Gasteiger charge is -2.51. The van der Waals surface area contributed by atoms with E-state index in [0.29, 0.717) is 12.5 Å². The number of carbonyl (C=O) groups excluding carboxylic acids is 1. The number of amides is 1. The number of methoxy groups -OCH3 is 1. The molecule has 1 fully saturated rings. The molecule has 0 saturated heterocycles. The van der Waals surface area contributed by atoms with Crippen molar-refractivity contribution < 1.29 is 13.9 Å². The van der Waals surface area contributed by atoms with Crippen LogP contribution in [0.25, 0.3) is 10.9 Å². The third kappa shape index (κ3) is 3.83. The molecule has 1 aliphatic heterocycles. The summed E-state index contributed by atoms with van der Waals surface area (Å²) in [5, 5.41) is 1.27. The van der Waals surface area contributed by atoms with Gasteiger partial charge in [-0.15, -0.1) is 0 Å². The van der Waals surface area contributed by atoms with E-state index < -0.39 is 0 Å². The van der Waals surface area contributed by atoms with Crippen LogP contribution in [0.15, 0.2) is 48.5 Å². The molecule has 1 aromatic heterocycles. The Balaban J connectivity index is 1.51. The third-order valence-corrected chi connectivity index (χ3v) is 8.00. The number of halogens is 1. The van der Waals surface area contributed by atoms with Gasteiger partial charge in [0.15, 0.2) is 0 Å². The molecule has 6 heteroatoms. The fraction of sp³-hybridized carbons (Fsp3) is 0.464. The number of hydrogen-bond acceptors (Lipinski definition) is 3. The number of aromatic amines is 1. The molecular formula is C28H34FN3O2. The Kier molecular flexibility index (Phi) is 6.21. The molecule has 2 aromatic carbocycles. The Morgan fingerprint density at radius 1 is 1.21 bits per heavy atom. The number of aromatic nitrogens is 1. The summed E-state index contributed by atoms with van der Waals surface area (Å²) in [7, 11) is 5.73. The summed E-state index contributed by atoms with van der Waals surface area (Å²) in [6, 6.07) is 15.6. The van der Waals surface area contributed by atoms with Crippen LogP contribution in [0.2, 0.25) is 0 Å². The number of para-hydroxylation sites is 1. The number of nitrogens with one attached hydrogen (secondary N) is 1. The Hall–Kier alpha value is -2.70. The van der Waals surface area contributed by atoms with E-state index in [1.54, 1.807) is 19.2 Å². The minimum Gasteiger partial charge on any atom is -0.375 e. The largest absolute Gasteiger partial charge is 0.375 e. The Labute approximate surface area is 200 Å². The second-order valence-corrected chi connectivity index (χ2v) is 10.1. The molecule has 2 heterocycles. The van der Waals surface area contributed by atoms with Crippen LogP contribution in [0.5, 0.6) is 0 Å².